The third kappa shape index (κ3) is 3.95. The average molecular weight is 410 g/mol. The lowest BCUT2D eigenvalue weighted by molar-refractivity contribution is -0.142. The lowest BCUT2D eigenvalue weighted by Crippen LogP contribution is -2.39. The highest BCUT2D eigenvalue weighted by molar-refractivity contribution is 6.04. The Kier molecular flexibility index (Phi) is 5.58. The largest absolute Gasteiger partial charge is 0.459 e. The number of ketones is 1. The van der Waals surface area contributed by atoms with E-state index in [2.05, 4.69) is 19.2 Å². The number of carbonyl (C=O) groups excluding carboxylic acids is 2. The van der Waals surface area contributed by atoms with E-state index in [-0.39, 0.29) is 29.9 Å². The van der Waals surface area contributed by atoms with Crippen molar-refractivity contribution in [1.82, 2.24) is 5.32 Å². The molecule has 0 spiro atoms. The molecule has 2 aliphatic heterocycles. The first-order valence-electron chi connectivity index (χ1n) is 10.8. The van der Waals surface area contributed by atoms with E-state index in [1.165, 1.54) is 0 Å². The molecule has 0 radical (unpaired) electrons. The number of nitrogens with one attached hydrogen (secondary N) is 1. The molecule has 3 aliphatic rings. The Morgan fingerprint density at radius 3 is 2.70 bits per heavy atom. The molecule has 2 heterocycles. The first-order valence-corrected chi connectivity index (χ1v) is 10.8. The lowest BCUT2D eigenvalue weighted by atomic mass is 9.68. The predicted molar refractivity (Wildman–Crippen MR) is 115 cm³/mol. The van der Waals surface area contributed by atoms with Gasteiger partial charge in [0.1, 0.15) is 6.61 Å². The highest BCUT2D eigenvalue weighted by atomic mass is 16.6. The quantitative estimate of drug-likeness (QED) is 0.750. The Hall–Kier alpha value is -2.40. The first-order chi connectivity index (χ1) is 14.3. The van der Waals surface area contributed by atoms with Crippen molar-refractivity contribution >= 4 is 11.8 Å². The van der Waals surface area contributed by atoms with Gasteiger partial charge in [0, 0.05) is 35.9 Å². The summed E-state index contributed by atoms with van der Waals surface area (Å²) in [5.41, 5.74) is 4.92. The molecular formula is C25H31NO4. The molecule has 1 N–H and O–H groups in total. The van der Waals surface area contributed by atoms with Crippen LogP contribution in [-0.4, -0.2) is 31.1 Å². The van der Waals surface area contributed by atoms with Crippen LogP contribution in [0.25, 0.3) is 0 Å². The fraction of sp³-hybridized carbons (Fsp3) is 0.520. The molecule has 160 valence electrons. The molecule has 5 heteroatoms. The molecule has 1 fully saturated rings. The molecule has 2 unspecified atom stereocenters. The average Bonchev–Trinajstić information content (AvgIpc) is 3.18. The maximum absolute atomic E-state index is 13.3. The van der Waals surface area contributed by atoms with Crippen LogP contribution in [0.15, 0.2) is 46.8 Å². The second kappa shape index (κ2) is 8.03. The summed E-state index contributed by atoms with van der Waals surface area (Å²) in [5.74, 6) is -0.657. The summed E-state index contributed by atoms with van der Waals surface area (Å²) in [6, 6.07) is 7.99. The van der Waals surface area contributed by atoms with E-state index in [9.17, 15) is 9.59 Å². The van der Waals surface area contributed by atoms with Crippen LogP contribution >= 0.6 is 0 Å². The number of hydrogen-bond donors (Lipinski definition) is 1. The van der Waals surface area contributed by atoms with Crippen molar-refractivity contribution in [3.8, 4) is 0 Å². The van der Waals surface area contributed by atoms with E-state index in [1.54, 1.807) is 0 Å². The Labute approximate surface area is 178 Å². The summed E-state index contributed by atoms with van der Waals surface area (Å²) in [5, 5.41) is 3.39. The minimum Gasteiger partial charge on any atom is -0.459 e. The fourth-order valence-electron chi connectivity index (χ4n) is 4.95. The third-order valence-electron chi connectivity index (χ3n) is 6.38. The Balaban J connectivity index is 1.73. The number of dihydropyridines is 1. The highest BCUT2D eigenvalue weighted by Gasteiger charge is 2.43. The standard InChI is InChI=1S/C25H31NO4/c1-15-8-5-6-10-18(15)22-21(24(28)30-14-17-9-7-11-29-17)16(2)26-19-12-25(3,4)13-20(27)23(19)22/h5-6,8,10,17,22,26H,7,9,11-14H2,1-4H3. The minimum absolute atomic E-state index is 0.0322. The van der Waals surface area contributed by atoms with Crippen LogP contribution in [0.1, 0.15) is 63.5 Å². The zero-order chi connectivity index (χ0) is 21.5. The van der Waals surface area contributed by atoms with Crippen molar-refractivity contribution in [2.75, 3.05) is 13.2 Å². The highest BCUT2D eigenvalue weighted by Crippen LogP contribution is 2.47. The monoisotopic (exact) mass is 409 g/mol. The maximum Gasteiger partial charge on any atom is 0.336 e. The van der Waals surface area contributed by atoms with Crippen LogP contribution in [0, 0.1) is 12.3 Å². The van der Waals surface area contributed by atoms with Gasteiger partial charge in [0.15, 0.2) is 5.78 Å². The van der Waals surface area contributed by atoms with E-state index in [0.29, 0.717) is 12.0 Å². The van der Waals surface area contributed by atoms with E-state index >= 15 is 0 Å². The van der Waals surface area contributed by atoms with Gasteiger partial charge in [-0.15, -0.1) is 0 Å². The minimum atomic E-state index is -0.400. The van der Waals surface area contributed by atoms with Crippen LogP contribution in [0.4, 0.5) is 0 Å². The van der Waals surface area contributed by atoms with Gasteiger partial charge < -0.3 is 14.8 Å². The lowest BCUT2D eigenvalue weighted by Gasteiger charge is -2.39. The van der Waals surface area contributed by atoms with Crippen LogP contribution in [0.3, 0.4) is 0 Å². The van der Waals surface area contributed by atoms with Gasteiger partial charge in [-0.1, -0.05) is 38.1 Å². The summed E-state index contributed by atoms with van der Waals surface area (Å²) >= 11 is 0. The van der Waals surface area contributed by atoms with Gasteiger partial charge in [-0.25, -0.2) is 4.79 Å². The van der Waals surface area contributed by atoms with Crippen molar-refractivity contribution in [3.05, 3.63) is 57.9 Å². The van der Waals surface area contributed by atoms with Crippen LogP contribution < -0.4 is 5.32 Å². The predicted octanol–water partition coefficient (Wildman–Crippen LogP) is 4.32. The first kappa shape index (κ1) is 20.9. The van der Waals surface area contributed by atoms with Gasteiger partial charge >= 0.3 is 5.97 Å². The van der Waals surface area contributed by atoms with E-state index in [0.717, 1.165) is 54.0 Å². The molecule has 1 saturated heterocycles. The van der Waals surface area contributed by atoms with E-state index in [1.807, 2.05) is 38.1 Å². The Morgan fingerprint density at radius 2 is 2.00 bits per heavy atom. The number of carbonyl (C=O) groups is 2. The number of ether oxygens (including phenoxy) is 2. The van der Waals surface area contributed by atoms with E-state index in [4.69, 9.17) is 9.47 Å². The van der Waals surface area contributed by atoms with Crippen molar-refractivity contribution in [3.63, 3.8) is 0 Å². The molecule has 1 aromatic rings. The molecule has 0 amide bonds. The van der Waals surface area contributed by atoms with Gasteiger partial charge in [-0.2, -0.15) is 0 Å². The second-order valence-corrected chi connectivity index (χ2v) is 9.52. The summed E-state index contributed by atoms with van der Waals surface area (Å²) in [7, 11) is 0. The smallest absolute Gasteiger partial charge is 0.336 e. The van der Waals surface area contributed by atoms with Gasteiger partial charge in [0.05, 0.1) is 11.7 Å². The molecule has 0 saturated carbocycles. The molecule has 30 heavy (non-hydrogen) atoms. The van der Waals surface area contributed by atoms with Gasteiger partial charge in [0.2, 0.25) is 0 Å². The molecular weight excluding hydrogens is 378 g/mol. The summed E-state index contributed by atoms with van der Waals surface area (Å²) in [4.78, 5) is 26.5. The Morgan fingerprint density at radius 1 is 1.23 bits per heavy atom. The summed E-state index contributed by atoms with van der Waals surface area (Å²) < 4.78 is 11.3. The van der Waals surface area contributed by atoms with Gasteiger partial charge in [-0.3, -0.25) is 4.79 Å². The van der Waals surface area contributed by atoms with Crippen LogP contribution in [-0.2, 0) is 19.1 Å². The number of esters is 1. The Bertz CT molecular complexity index is 934. The van der Waals surface area contributed by atoms with Crippen molar-refractivity contribution in [2.45, 2.75) is 65.4 Å². The number of aryl methyl sites for hydroxylation is 1. The molecule has 0 bridgehead atoms. The summed E-state index contributed by atoms with van der Waals surface area (Å²) in [6.45, 7) is 9.14. The van der Waals surface area contributed by atoms with Crippen LogP contribution in [0.5, 0.6) is 0 Å². The number of allylic oxidation sites excluding steroid dienone is 3. The fourth-order valence-corrected chi connectivity index (χ4v) is 4.95. The molecule has 5 nitrogen and oxygen atoms in total. The normalized spacial score (nSPS) is 25.8. The van der Waals surface area contributed by atoms with Gasteiger partial charge in [0.25, 0.3) is 0 Å². The number of Topliss-reactive ketones (excluding diaryl/α,β-unsaturated/α-hetero) is 1. The maximum atomic E-state index is 13.3. The molecule has 4 rings (SSSR count). The van der Waals surface area contributed by atoms with Crippen molar-refractivity contribution < 1.29 is 19.1 Å². The summed E-state index contributed by atoms with van der Waals surface area (Å²) in [6.07, 6.45) is 3.14. The van der Waals surface area contributed by atoms with Gasteiger partial charge in [-0.05, 0) is 49.7 Å². The topological polar surface area (TPSA) is 64.6 Å². The number of hydrogen-bond acceptors (Lipinski definition) is 5. The zero-order valence-electron chi connectivity index (χ0n) is 18.3. The number of rotatable bonds is 4. The zero-order valence-corrected chi connectivity index (χ0v) is 18.3. The van der Waals surface area contributed by atoms with Crippen molar-refractivity contribution in [1.29, 1.82) is 0 Å². The van der Waals surface area contributed by atoms with Crippen LogP contribution in [0.2, 0.25) is 0 Å². The van der Waals surface area contributed by atoms with Crippen molar-refractivity contribution in [2.24, 2.45) is 5.41 Å². The third-order valence-corrected chi connectivity index (χ3v) is 6.38. The molecule has 1 aromatic carbocycles. The molecule has 1 aliphatic carbocycles. The SMILES string of the molecule is CC1=C(C(=O)OCC2CCCO2)C(c2ccccc2C)C2=C(CC(C)(C)CC2=O)N1. The molecule has 2 atom stereocenters. The molecule has 0 aromatic heterocycles. The van der Waals surface area contributed by atoms with E-state index < -0.39 is 5.92 Å². The second-order valence-electron chi connectivity index (χ2n) is 9.52. The number of benzene rings is 1.